The lowest BCUT2D eigenvalue weighted by atomic mass is 10.1. The van der Waals surface area contributed by atoms with E-state index in [2.05, 4.69) is 15.9 Å². The molecule has 3 rings (SSSR count). The molecule has 0 N–H and O–H groups in total. The molecule has 2 aromatic rings. The summed E-state index contributed by atoms with van der Waals surface area (Å²) in [6, 6.07) is 10.3. The summed E-state index contributed by atoms with van der Waals surface area (Å²) in [5.41, 5.74) is -0.394. The first-order valence-corrected chi connectivity index (χ1v) is 9.59. The molecule has 0 radical (unpaired) electrons. The average molecular weight is 446 g/mol. The maximum Gasteiger partial charge on any atom is 0.417 e. The third-order valence-electron chi connectivity index (χ3n) is 4.08. The van der Waals surface area contributed by atoms with E-state index in [0.717, 1.165) is 16.1 Å². The summed E-state index contributed by atoms with van der Waals surface area (Å²) in [7, 11) is 1.55. The molecule has 0 saturated carbocycles. The van der Waals surface area contributed by atoms with E-state index in [4.69, 9.17) is 4.74 Å². The van der Waals surface area contributed by atoms with Crippen LogP contribution >= 0.6 is 27.7 Å². The molecule has 138 valence electrons. The van der Waals surface area contributed by atoms with Crippen molar-refractivity contribution in [2.75, 3.05) is 19.4 Å². The van der Waals surface area contributed by atoms with Crippen molar-refractivity contribution in [3.63, 3.8) is 0 Å². The predicted molar refractivity (Wildman–Crippen MR) is 98.4 cm³/mol. The van der Waals surface area contributed by atoms with Crippen LogP contribution in [0.2, 0.25) is 0 Å². The molecule has 3 nitrogen and oxygen atoms in total. The second-order valence-corrected chi connectivity index (χ2v) is 7.70. The van der Waals surface area contributed by atoms with Crippen LogP contribution in [0, 0.1) is 0 Å². The van der Waals surface area contributed by atoms with Crippen molar-refractivity contribution >= 4 is 33.6 Å². The van der Waals surface area contributed by atoms with E-state index >= 15 is 0 Å². The van der Waals surface area contributed by atoms with Crippen LogP contribution in [0.5, 0.6) is 5.75 Å². The van der Waals surface area contributed by atoms with Crippen LogP contribution < -0.4 is 4.74 Å². The molecule has 1 aliphatic rings. The SMILES string of the molecule is COc1ccc(C2SCCN2C(=O)c2ccccc2C(F)(F)F)cc1Br. The Morgan fingerprint density at radius 2 is 2.00 bits per heavy atom. The Hall–Kier alpha value is -1.67. The molecule has 1 heterocycles. The highest BCUT2D eigenvalue weighted by molar-refractivity contribution is 9.10. The summed E-state index contributed by atoms with van der Waals surface area (Å²) in [5.74, 6) is 0.700. The molecular weight excluding hydrogens is 431 g/mol. The first-order chi connectivity index (χ1) is 12.3. The van der Waals surface area contributed by atoms with E-state index in [9.17, 15) is 18.0 Å². The van der Waals surface area contributed by atoms with Gasteiger partial charge in [-0.1, -0.05) is 18.2 Å². The summed E-state index contributed by atoms with van der Waals surface area (Å²) in [4.78, 5) is 14.4. The Bertz CT molecular complexity index is 828. The minimum atomic E-state index is -4.57. The van der Waals surface area contributed by atoms with Crippen LogP contribution in [0.1, 0.15) is 26.9 Å². The molecule has 0 aliphatic carbocycles. The number of thioether (sulfide) groups is 1. The fourth-order valence-corrected chi connectivity index (χ4v) is 4.67. The van der Waals surface area contributed by atoms with Gasteiger partial charge in [0, 0.05) is 12.3 Å². The number of hydrogen-bond donors (Lipinski definition) is 0. The Morgan fingerprint density at radius 1 is 1.27 bits per heavy atom. The number of nitrogens with zero attached hydrogens (tertiary/aromatic N) is 1. The maximum absolute atomic E-state index is 13.3. The summed E-state index contributed by atoms with van der Waals surface area (Å²) in [6.45, 7) is 0.393. The number of halogens is 4. The number of alkyl halides is 3. The van der Waals surface area contributed by atoms with Gasteiger partial charge in [-0.25, -0.2) is 0 Å². The van der Waals surface area contributed by atoms with Gasteiger partial charge in [0.25, 0.3) is 5.91 Å². The molecule has 1 fully saturated rings. The van der Waals surface area contributed by atoms with Crippen LogP contribution in [-0.2, 0) is 6.18 Å². The number of amides is 1. The highest BCUT2D eigenvalue weighted by atomic mass is 79.9. The number of benzene rings is 2. The molecule has 0 spiro atoms. The van der Waals surface area contributed by atoms with Gasteiger partial charge in [-0.2, -0.15) is 13.2 Å². The Kier molecular flexibility index (Phi) is 5.53. The van der Waals surface area contributed by atoms with E-state index in [1.54, 1.807) is 13.2 Å². The highest BCUT2D eigenvalue weighted by Crippen LogP contribution is 2.42. The summed E-state index contributed by atoms with van der Waals surface area (Å²) < 4.78 is 45.7. The van der Waals surface area contributed by atoms with Gasteiger partial charge in [-0.15, -0.1) is 11.8 Å². The van der Waals surface area contributed by atoms with Gasteiger partial charge < -0.3 is 9.64 Å². The van der Waals surface area contributed by atoms with Crippen molar-refractivity contribution in [3.05, 3.63) is 63.6 Å². The summed E-state index contributed by atoms with van der Waals surface area (Å²) >= 11 is 4.93. The maximum atomic E-state index is 13.3. The van der Waals surface area contributed by atoms with Crippen LogP contribution in [-0.4, -0.2) is 30.2 Å². The summed E-state index contributed by atoms with van der Waals surface area (Å²) in [5, 5.41) is -0.342. The fourth-order valence-electron chi connectivity index (χ4n) is 2.86. The molecule has 0 bridgehead atoms. The van der Waals surface area contributed by atoms with Gasteiger partial charge in [-0.05, 0) is 45.8 Å². The van der Waals surface area contributed by atoms with Crippen LogP contribution in [0.3, 0.4) is 0 Å². The zero-order valence-electron chi connectivity index (χ0n) is 13.7. The topological polar surface area (TPSA) is 29.5 Å². The lowest BCUT2D eigenvalue weighted by molar-refractivity contribution is -0.138. The number of rotatable bonds is 3. The zero-order chi connectivity index (χ0) is 18.9. The van der Waals surface area contributed by atoms with Gasteiger partial charge in [0.1, 0.15) is 11.1 Å². The molecule has 0 aromatic heterocycles. The molecule has 26 heavy (non-hydrogen) atoms. The fraction of sp³-hybridized carbons (Fsp3) is 0.278. The van der Waals surface area contributed by atoms with Gasteiger partial charge >= 0.3 is 6.18 Å². The van der Waals surface area contributed by atoms with Crippen molar-refractivity contribution in [1.82, 2.24) is 4.90 Å². The molecule has 1 amide bonds. The minimum Gasteiger partial charge on any atom is -0.496 e. The molecule has 2 aromatic carbocycles. The monoisotopic (exact) mass is 445 g/mol. The summed E-state index contributed by atoms with van der Waals surface area (Å²) in [6.07, 6.45) is -4.57. The third kappa shape index (κ3) is 3.71. The number of ether oxygens (including phenoxy) is 1. The van der Waals surface area contributed by atoms with Crippen molar-refractivity contribution in [2.45, 2.75) is 11.6 Å². The predicted octanol–water partition coefficient (Wildman–Crippen LogP) is 5.36. The van der Waals surface area contributed by atoms with Crippen molar-refractivity contribution < 1.29 is 22.7 Å². The second kappa shape index (κ2) is 7.52. The van der Waals surface area contributed by atoms with Crippen LogP contribution in [0.25, 0.3) is 0 Å². The smallest absolute Gasteiger partial charge is 0.417 e. The van der Waals surface area contributed by atoms with E-state index in [1.807, 2.05) is 12.1 Å². The third-order valence-corrected chi connectivity index (χ3v) is 5.96. The van der Waals surface area contributed by atoms with E-state index in [0.29, 0.717) is 18.0 Å². The minimum absolute atomic E-state index is 0.319. The average Bonchev–Trinajstić information content (AvgIpc) is 3.10. The molecule has 8 heteroatoms. The van der Waals surface area contributed by atoms with Gasteiger partial charge in [0.15, 0.2) is 0 Å². The molecule has 1 atom stereocenters. The van der Waals surface area contributed by atoms with E-state index in [1.165, 1.54) is 34.9 Å². The van der Waals surface area contributed by atoms with Gasteiger partial charge in [-0.3, -0.25) is 4.79 Å². The molecule has 1 unspecified atom stereocenters. The number of carbonyl (C=O) groups is 1. The van der Waals surface area contributed by atoms with Crippen molar-refractivity contribution in [3.8, 4) is 5.75 Å². The number of carbonyl (C=O) groups excluding carboxylic acids is 1. The second-order valence-electron chi connectivity index (χ2n) is 5.66. The highest BCUT2D eigenvalue weighted by Gasteiger charge is 2.38. The first-order valence-electron chi connectivity index (χ1n) is 7.75. The first kappa shape index (κ1) is 19.1. The lowest BCUT2D eigenvalue weighted by Crippen LogP contribution is -2.32. The van der Waals surface area contributed by atoms with Crippen molar-refractivity contribution in [1.29, 1.82) is 0 Å². The lowest BCUT2D eigenvalue weighted by Gasteiger charge is -2.26. The van der Waals surface area contributed by atoms with Crippen LogP contribution in [0.15, 0.2) is 46.9 Å². The van der Waals surface area contributed by atoms with Crippen LogP contribution in [0.4, 0.5) is 13.2 Å². The largest absolute Gasteiger partial charge is 0.496 e. The Balaban J connectivity index is 1.94. The molecule has 1 aliphatic heterocycles. The van der Waals surface area contributed by atoms with Gasteiger partial charge in [0.05, 0.1) is 22.7 Å². The standard InChI is InChI=1S/C18H15BrF3NO2S/c1-25-15-7-6-11(10-14(15)19)17-23(8-9-26-17)16(24)12-4-2-3-5-13(12)18(20,21)22/h2-7,10,17H,8-9H2,1H3. The van der Waals surface area contributed by atoms with Crippen molar-refractivity contribution in [2.24, 2.45) is 0 Å². The quantitative estimate of drug-likeness (QED) is 0.636. The molecule has 1 saturated heterocycles. The van der Waals surface area contributed by atoms with E-state index < -0.39 is 17.6 Å². The Labute approximate surface area is 161 Å². The van der Waals surface area contributed by atoms with E-state index in [-0.39, 0.29) is 10.9 Å². The molecular formula is C18H15BrF3NO2S. The zero-order valence-corrected chi connectivity index (χ0v) is 16.1. The van der Waals surface area contributed by atoms with Gasteiger partial charge in [0.2, 0.25) is 0 Å². The number of methoxy groups -OCH3 is 1. The number of hydrogen-bond acceptors (Lipinski definition) is 3. The normalized spacial score (nSPS) is 17.4. The Morgan fingerprint density at radius 3 is 2.65 bits per heavy atom.